The van der Waals surface area contributed by atoms with Gasteiger partial charge in [-0.1, -0.05) is 13.8 Å². The first-order valence-corrected chi connectivity index (χ1v) is 5.24. The zero-order chi connectivity index (χ0) is 10.3. The van der Waals surface area contributed by atoms with Crippen LogP contribution in [0.3, 0.4) is 0 Å². The quantitative estimate of drug-likeness (QED) is 0.708. The van der Waals surface area contributed by atoms with Gasteiger partial charge >= 0.3 is 0 Å². The molecule has 0 bridgehead atoms. The Morgan fingerprint density at radius 1 is 1.54 bits per heavy atom. The molecule has 1 fully saturated rings. The molecule has 0 saturated carbocycles. The summed E-state index contributed by atoms with van der Waals surface area (Å²) in [4.78, 5) is 0. The highest BCUT2D eigenvalue weighted by Gasteiger charge is 2.37. The van der Waals surface area contributed by atoms with Crippen molar-refractivity contribution in [1.29, 1.82) is 0 Å². The lowest BCUT2D eigenvalue weighted by Crippen LogP contribution is -2.38. The first-order chi connectivity index (χ1) is 6.17. The first kappa shape index (κ1) is 12.8. The molecule has 1 aliphatic heterocycles. The molecule has 1 rings (SSSR count). The summed E-state index contributed by atoms with van der Waals surface area (Å²) in [6.07, 6.45) is 1.53. The van der Waals surface area contributed by atoms with Gasteiger partial charge in [-0.15, -0.1) is 0 Å². The van der Waals surface area contributed by atoms with E-state index in [2.05, 4.69) is 10.6 Å². The summed E-state index contributed by atoms with van der Waals surface area (Å²) in [6.45, 7) is 7.39. The minimum Gasteiger partial charge on any atom is -0.320 e. The fourth-order valence-corrected chi connectivity index (χ4v) is 1.57. The topological polar surface area (TPSA) is 24.1 Å². The van der Waals surface area contributed by atoms with Crippen molar-refractivity contribution in [3.8, 4) is 0 Å². The predicted octanol–water partition coefficient (Wildman–Crippen LogP) is 1.71. The highest BCUT2D eigenvalue weighted by atomic mass is 19.1. The highest BCUT2D eigenvalue weighted by Crippen LogP contribution is 2.26. The minimum absolute atomic E-state index is 0.0509. The maximum atomic E-state index is 13.5. The molecule has 13 heavy (non-hydrogen) atoms. The molecule has 0 aromatic heterocycles. The van der Waals surface area contributed by atoms with E-state index in [0.29, 0.717) is 6.42 Å². The molecular formula is C10H23FN2. The van der Waals surface area contributed by atoms with Crippen molar-refractivity contribution in [1.82, 2.24) is 10.6 Å². The summed E-state index contributed by atoms with van der Waals surface area (Å²) in [7, 11) is 1.89. The summed E-state index contributed by atoms with van der Waals surface area (Å²) >= 11 is 0. The molecule has 0 amide bonds. The Labute approximate surface area is 81.3 Å². The molecular weight excluding hydrogens is 167 g/mol. The van der Waals surface area contributed by atoms with Crippen molar-refractivity contribution < 1.29 is 4.39 Å². The Morgan fingerprint density at radius 2 is 2.15 bits per heavy atom. The van der Waals surface area contributed by atoms with E-state index in [9.17, 15) is 4.39 Å². The van der Waals surface area contributed by atoms with Gasteiger partial charge in [0.2, 0.25) is 0 Å². The summed E-state index contributed by atoms with van der Waals surface area (Å²) in [5.41, 5.74) is -0.989. The van der Waals surface area contributed by atoms with Gasteiger partial charge in [0.15, 0.2) is 0 Å². The lowest BCUT2D eigenvalue weighted by molar-refractivity contribution is 0.162. The standard InChI is InChI=1S/C8H17FN2.C2H6/c1-8(9)4-6-11-7(8)3-5-10-2;1-2/h7,10-11H,3-6H2,1-2H3;1-2H3. The van der Waals surface area contributed by atoms with Crippen molar-refractivity contribution in [3.63, 3.8) is 0 Å². The molecule has 2 unspecified atom stereocenters. The van der Waals surface area contributed by atoms with Gasteiger partial charge in [0.1, 0.15) is 5.67 Å². The van der Waals surface area contributed by atoms with Crippen LogP contribution in [0.1, 0.15) is 33.6 Å². The van der Waals surface area contributed by atoms with Crippen molar-refractivity contribution in [3.05, 3.63) is 0 Å². The number of nitrogens with one attached hydrogen (secondary N) is 2. The van der Waals surface area contributed by atoms with E-state index >= 15 is 0 Å². The maximum absolute atomic E-state index is 13.5. The van der Waals surface area contributed by atoms with E-state index < -0.39 is 5.67 Å². The number of rotatable bonds is 3. The van der Waals surface area contributed by atoms with Crippen molar-refractivity contribution in [2.45, 2.75) is 45.3 Å². The Bertz CT molecular complexity index is 126. The Kier molecular flexibility index (Phi) is 6.25. The molecule has 0 radical (unpaired) electrons. The number of hydrogen-bond donors (Lipinski definition) is 2. The van der Waals surface area contributed by atoms with Gasteiger partial charge in [0.05, 0.1) is 0 Å². The number of halogens is 1. The van der Waals surface area contributed by atoms with Gasteiger partial charge in [-0.25, -0.2) is 4.39 Å². The smallest absolute Gasteiger partial charge is 0.124 e. The van der Waals surface area contributed by atoms with Crippen LogP contribution in [0.15, 0.2) is 0 Å². The van der Waals surface area contributed by atoms with Gasteiger partial charge in [-0.2, -0.15) is 0 Å². The average Bonchev–Trinajstić information content (AvgIpc) is 2.45. The molecule has 2 nitrogen and oxygen atoms in total. The zero-order valence-corrected chi connectivity index (χ0v) is 9.28. The monoisotopic (exact) mass is 190 g/mol. The lowest BCUT2D eigenvalue weighted by atomic mass is 9.97. The van der Waals surface area contributed by atoms with E-state index in [1.54, 1.807) is 6.92 Å². The largest absolute Gasteiger partial charge is 0.320 e. The van der Waals surface area contributed by atoms with Crippen LogP contribution in [-0.2, 0) is 0 Å². The Hall–Kier alpha value is -0.150. The second kappa shape index (κ2) is 6.33. The lowest BCUT2D eigenvalue weighted by Gasteiger charge is -2.22. The normalized spacial score (nSPS) is 32.5. The Balaban J connectivity index is 0.000000671. The third-order valence-electron chi connectivity index (χ3n) is 2.41. The van der Waals surface area contributed by atoms with Crippen molar-refractivity contribution >= 4 is 0 Å². The van der Waals surface area contributed by atoms with Gasteiger partial charge in [-0.05, 0) is 39.9 Å². The molecule has 0 aromatic rings. The SMILES string of the molecule is CC.CNCCC1NCCC1(C)F. The van der Waals surface area contributed by atoms with Crippen LogP contribution >= 0.6 is 0 Å². The van der Waals surface area contributed by atoms with Gasteiger partial charge in [-0.3, -0.25) is 0 Å². The van der Waals surface area contributed by atoms with Crippen LogP contribution in [0.4, 0.5) is 4.39 Å². The number of hydrogen-bond acceptors (Lipinski definition) is 2. The fourth-order valence-electron chi connectivity index (χ4n) is 1.57. The second-order valence-corrected chi connectivity index (χ2v) is 3.43. The molecule has 3 heteroatoms. The summed E-state index contributed by atoms with van der Waals surface area (Å²) in [6, 6.07) is 0.0509. The molecule has 0 spiro atoms. The number of alkyl halides is 1. The summed E-state index contributed by atoms with van der Waals surface area (Å²) in [5, 5.41) is 6.19. The zero-order valence-electron chi connectivity index (χ0n) is 9.28. The minimum atomic E-state index is -0.989. The maximum Gasteiger partial charge on any atom is 0.124 e. The molecule has 1 heterocycles. The van der Waals surface area contributed by atoms with Gasteiger partial charge in [0, 0.05) is 6.04 Å². The van der Waals surface area contributed by atoms with E-state index in [1.807, 2.05) is 20.9 Å². The third-order valence-corrected chi connectivity index (χ3v) is 2.41. The van der Waals surface area contributed by atoms with Crippen molar-refractivity contribution in [2.24, 2.45) is 0 Å². The fraction of sp³-hybridized carbons (Fsp3) is 1.00. The van der Waals surface area contributed by atoms with Gasteiger partial charge < -0.3 is 10.6 Å². The molecule has 2 N–H and O–H groups in total. The second-order valence-electron chi connectivity index (χ2n) is 3.43. The van der Waals surface area contributed by atoms with E-state index in [0.717, 1.165) is 19.5 Å². The van der Waals surface area contributed by atoms with Gasteiger partial charge in [0.25, 0.3) is 0 Å². The van der Waals surface area contributed by atoms with E-state index in [1.165, 1.54) is 0 Å². The van der Waals surface area contributed by atoms with Crippen LogP contribution in [0.5, 0.6) is 0 Å². The van der Waals surface area contributed by atoms with Crippen LogP contribution in [-0.4, -0.2) is 31.8 Å². The van der Waals surface area contributed by atoms with E-state index in [4.69, 9.17) is 0 Å². The third kappa shape index (κ3) is 4.05. The summed E-state index contributed by atoms with van der Waals surface area (Å²) in [5.74, 6) is 0. The van der Waals surface area contributed by atoms with Crippen molar-refractivity contribution in [2.75, 3.05) is 20.1 Å². The average molecular weight is 190 g/mol. The first-order valence-electron chi connectivity index (χ1n) is 5.24. The molecule has 1 saturated heterocycles. The molecule has 0 aromatic carbocycles. The molecule has 0 aliphatic carbocycles. The molecule has 1 aliphatic rings. The Morgan fingerprint density at radius 3 is 2.54 bits per heavy atom. The van der Waals surface area contributed by atoms with Crippen LogP contribution < -0.4 is 10.6 Å². The molecule has 80 valence electrons. The van der Waals surface area contributed by atoms with Crippen LogP contribution in [0.2, 0.25) is 0 Å². The highest BCUT2D eigenvalue weighted by molar-refractivity contribution is 4.94. The van der Waals surface area contributed by atoms with E-state index in [-0.39, 0.29) is 6.04 Å². The molecule has 2 atom stereocenters. The summed E-state index contributed by atoms with van der Waals surface area (Å²) < 4.78 is 13.5. The van der Waals surface area contributed by atoms with Crippen LogP contribution in [0, 0.1) is 0 Å². The predicted molar refractivity (Wildman–Crippen MR) is 55.8 cm³/mol. The van der Waals surface area contributed by atoms with Crippen LogP contribution in [0.25, 0.3) is 0 Å².